The van der Waals surface area contributed by atoms with Crippen LogP contribution in [0.25, 0.3) is 0 Å². The van der Waals surface area contributed by atoms with Crippen LogP contribution in [0.4, 0.5) is 0 Å². The van der Waals surface area contributed by atoms with Crippen molar-refractivity contribution in [3.05, 3.63) is 71.8 Å². The average molecular weight is 510 g/mol. The van der Waals surface area contributed by atoms with Gasteiger partial charge in [-0.25, -0.2) is 0 Å². The van der Waals surface area contributed by atoms with E-state index in [0.29, 0.717) is 25.8 Å². The number of hydrogen-bond acceptors (Lipinski definition) is 6. The Balaban J connectivity index is 2.17. The fraction of sp³-hybridized carbons (Fsp3) is 0.407. The first-order valence-corrected chi connectivity index (χ1v) is 12.3. The van der Waals surface area contributed by atoms with Gasteiger partial charge in [0.1, 0.15) is 0 Å². The molecule has 0 radical (unpaired) electrons. The van der Waals surface area contributed by atoms with E-state index in [2.05, 4.69) is 15.6 Å². The van der Waals surface area contributed by atoms with Gasteiger partial charge in [0.25, 0.3) is 0 Å². The second kappa shape index (κ2) is 14.1. The molecular formula is C27H39N7O3. The van der Waals surface area contributed by atoms with Crippen LogP contribution in [0, 0.1) is 0 Å². The maximum Gasteiger partial charge on any atom is 0.237 e. The number of rotatable bonds is 15. The number of nitrogens with one attached hydrogen (secondary N) is 2. The van der Waals surface area contributed by atoms with Gasteiger partial charge in [-0.3, -0.25) is 24.7 Å². The summed E-state index contributed by atoms with van der Waals surface area (Å²) in [5.41, 5.74) is 23.1. The van der Waals surface area contributed by atoms with Gasteiger partial charge in [-0.05, 0) is 50.7 Å². The van der Waals surface area contributed by atoms with E-state index in [-0.39, 0.29) is 18.2 Å². The molecule has 0 aromatic heterocycles. The van der Waals surface area contributed by atoms with Crippen molar-refractivity contribution in [1.82, 2.24) is 10.6 Å². The van der Waals surface area contributed by atoms with E-state index in [1.54, 1.807) is 13.8 Å². The normalized spacial score (nSPS) is 13.7. The van der Waals surface area contributed by atoms with E-state index in [4.69, 9.17) is 22.9 Å². The molecule has 37 heavy (non-hydrogen) atoms. The number of amides is 2. The van der Waals surface area contributed by atoms with Gasteiger partial charge in [0.15, 0.2) is 11.7 Å². The molecular weight excluding hydrogens is 470 g/mol. The summed E-state index contributed by atoms with van der Waals surface area (Å²) in [6.45, 7) is 3.65. The van der Waals surface area contributed by atoms with Crippen LogP contribution >= 0.6 is 0 Å². The number of carbonyl (C=O) groups excluding carboxylic acids is 3. The molecule has 0 saturated heterocycles. The highest BCUT2D eigenvalue weighted by molar-refractivity contribution is 5.97. The molecule has 10 N–H and O–H groups in total. The van der Waals surface area contributed by atoms with Gasteiger partial charge in [-0.1, -0.05) is 60.7 Å². The van der Waals surface area contributed by atoms with Crippen molar-refractivity contribution in [2.24, 2.45) is 27.9 Å². The van der Waals surface area contributed by atoms with E-state index in [1.165, 1.54) is 0 Å². The van der Waals surface area contributed by atoms with E-state index < -0.39 is 35.5 Å². The lowest BCUT2D eigenvalue weighted by molar-refractivity contribution is -0.132. The predicted octanol–water partition coefficient (Wildman–Crippen LogP) is 0.129. The van der Waals surface area contributed by atoms with Crippen molar-refractivity contribution in [1.29, 1.82) is 0 Å². The molecule has 0 fully saturated rings. The van der Waals surface area contributed by atoms with Crippen LogP contribution in [-0.4, -0.2) is 53.8 Å². The smallest absolute Gasteiger partial charge is 0.237 e. The first-order chi connectivity index (χ1) is 17.5. The average Bonchev–Trinajstić information content (AvgIpc) is 2.85. The van der Waals surface area contributed by atoms with Gasteiger partial charge in [0.2, 0.25) is 11.8 Å². The number of nitrogens with zero attached hydrogens (tertiary/aromatic N) is 1. The third kappa shape index (κ3) is 10.0. The molecule has 0 saturated carbocycles. The van der Waals surface area contributed by atoms with E-state index in [1.807, 2.05) is 60.7 Å². The number of guanidine groups is 1. The maximum absolute atomic E-state index is 13.7. The third-order valence-corrected chi connectivity index (χ3v) is 5.99. The van der Waals surface area contributed by atoms with Crippen LogP contribution in [0.15, 0.2) is 65.7 Å². The number of benzene rings is 2. The second-order valence-corrected chi connectivity index (χ2v) is 9.58. The molecule has 0 spiro atoms. The van der Waals surface area contributed by atoms with Crippen LogP contribution in [0.5, 0.6) is 0 Å². The lowest BCUT2D eigenvalue weighted by Gasteiger charge is -2.33. The summed E-state index contributed by atoms with van der Waals surface area (Å²) < 4.78 is 0. The number of nitrogens with two attached hydrogens (primary N) is 4. The number of hydrogen-bond donors (Lipinski definition) is 6. The van der Waals surface area contributed by atoms with Gasteiger partial charge in [-0.2, -0.15) is 0 Å². The molecule has 2 rings (SSSR count). The van der Waals surface area contributed by atoms with Gasteiger partial charge in [0, 0.05) is 6.54 Å². The SMILES string of the molecule is CC(C)(NC(CCCN=C(N)N)C(N)=O)C(=O)C(Cc1ccccc1)NC(=O)C(N)Cc1ccccc1. The molecule has 3 atom stereocenters. The summed E-state index contributed by atoms with van der Waals surface area (Å²) in [5.74, 6) is -1.37. The first-order valence-electron chi connectivity index (χ1n) is 12.3. The zero-order chi connectivity index (χ0) is 27.4. The van der Waals surface area contributed by atoms with Crippen molar-refractivity contribution in [2.45, 2.75) is 63.2 Å². The van der Waals surface area contributed by atoms with Crippen LogP contribution in [0.2, 0.25) is 0 Å². The van der Waals surface area contributed by atoms with Crippen molar-refractivity contribution >= 4 is 23.6 Å². The summed E-state index contributed by atoms with van der Waals surface area (Å²) in [4.78, 5) is 42.8. The number of ketones is 1. The summed E-state index contributed by atoms with van der Waals surface area (Å²) >= 11 is 0. The largest absolute Gasteiger partial charge is 0.370 e. The monoisotopic (exact) mass is 509 g/mol. The second-order valence-electron chi connectivity index (χ2n) is 9.58. The Morgan fingerprint density at radius 3 is 1.92 bits per heavy atom. The molecule has 0 heterocycles. The molecule has 200 valence electrons. The quantitative estimate of drug-likeness (QED) is 0.112. The number of primary amides is 1. The van der Waals surface area contributed by atoms with Gasteiger partial charge in [0.05, 0.1) is 23.7 Å². The van der Waals surface area contributed by atoms with Crippen LogP contribution in [0.1, 0.15) is 37.8 Å². The molecule has 0 aliphatic carbocycles. The minimum Gasteiger partial charge on any atom is -0.370 e. The van der Waals surface area contributed by atoms with E-state index >= 15 is 0 Å². The first kappa shape index (κ1) is 29.5. The summed E-state index contributed by atoms with van der Waals surface area (Å²) in [7, 11) is 0. The molecule has 10 nitrogen and oxygen atoms in total. The highest BCUT2D eigenvalue weighted by Crippen LogP contribution is 2.15. The fourth-order valence-electron chi connectivity index (χ4n) is 4.03. The molecule has 2 amide bonds. The molecule has 2 aromatic rings. The minimum absolute atomic E-state index is 0.0379. The minimum atomic E-state index is -1.19. The number of carbonyl (C=O) groups is 3. The number of Topliss-reactive ketones (excluding diaryl/α,β-unsaturated/α-hetero) is 1. The maximum atomic E-state index is 13.7. The Kier molecular flexibility index (Phi) is 11.2. The molecule has 10 heteroatoms. The standard InChI is InChI=1S/C27H39N7O3/c1-27(2,34-21(24(29)36)14-9-15-32-26(30)31)23(35)22(17-19-12-7-4-8-13-19)33-25(37)20(28)16-18-10-5-3-6-11-18/h3-8,10-13,20-22,34H,9,14-17,28H2,1-2H3,(H2,29,36)(H,33,37)(H4,30,31,32). The molecule has 0 aliphatic rings. The lowest BCUT2D eigenvalue weighted by Crippen LogP contribution is -2.62. The molecule has 0 aliphatic heterocycles. The summed E-state index contributed by atoms with van der Waals surface area (Å²) in [5, 5.41) is 5.92. The predicted molar refractivity (Wildman–Crippen MR) is 145 cm³/mol. The topological polar surface area (TPSA) is 192 Å². The van der Waals surface area contributed by atoms with Crippen molar-refractivity contribution in [3.63, 3.8) is 0 Å². The van der Waals surface area contributed by atoms with Crippen LogP contribution in [0.3, 0.4) is 0 Å². The fourth-order valence-corrected chi connectivity index (χ4v) is 4.03. The zero-order valence-electron chi connectivity index (χ0n) is 21.5. The summed E-state index contributed by atoms with van der Waals surface area (Å²) in [6, 6.07) is 16.3. The highest BCUT2D eigenvalue weighted by atomic mass is 16.2. The zero-order valence-corrected chi connectivity index (χ0v) is 21.5. The van der Waals surface area contributed by atoms with Gasteiger partial charge < -0.3 is 28.3 Å². The van der Waals surface area contributed by atoms with Gasteiger partial charge in [-0.15, -0.1) is 0 Å². The highest BCUT2D eigenvalue weighted by Gasteiger charge is 2.37. The Morgan fingerprint density at radius 1 is 0.865 bits per heavy atom. The molecule has 0 bridgehead atoms. The van der Waals surface area contributed by atoms with Crippen LogP contribution < -0.4 is 33.6 Å². The summed E-state index contributed by atoms with van der Waals surface area (Å²) in [6.07, 6.45) is 1.42. The Morgan fingerprint density at radius 2 is 1.41 bits per heavy atom. The Hall–Kier alpha value is -3.76. The van der Waals surface area contributed by atoms with E-state index in [0.717, 1.165) is 11.1 Å². The van der Waals surface area contributed by atoms with Gasteiger partial charge >= 0.3 is 0 Å². The van der Waals surface area contributed by atoms with Crippen molar-refractivity contribution in [2.75, 3.05) is 6.54 Å². The number of aliphatic imine (C=N–C) groups is 1. The van der Waals surface area contributed by atoms with E-state index in [9.17, 15) is 14.4 Å². The Bertz CT molecular complexity index is 1050. The lowest BCUT2D eigenvalue weighted by atomic mass is 9.88. The van der Waals surface area contributed by atoms with Crippen molar-refractivity contribution in [3.8, 4) is 0 Å². The molecule has 3 unspecified atom stereocenters. The van der Waals surface area contributed by atoms with Crippen LogP contribution in [-0.2, 0) is 27.2 Å². The Labute approximate surface area is 218 Å². The van der Waals surface area contributed by atoms with Crippen molar-refractivity contribution < 1.29 is 14.4 Å². The third-order valence-electron chi connectivity index (χ3n) is 5.99. The molecule has 2 aromatic carbocycles.